The molecule has 1 atom stereocenters. The van der Waals surface area contributed by atoms with Gasteiger partial charge in [-0.2, -0.15) is 5.23 Å². The summed E-state index contributed by atoms with van der Waals surface area (Å²) < 4.78 is 0. The van der Waals surface area contributed by atoms with Crippen LogP contribution in [0.15, 0.2) is 18.2 Å². The maximum Gasteiger partial charge on any atom is 0.164 e. The van der Waals surface area contributed by atoms with Crippen LogP contribution in [0.25, 0.3) is 0 Å². The van der Waals surface area contributed by atoms with E-state index in [9.17, 15) is 5.21 Å². The maximum absolute atomic E-state index is 10.5. The number of benzene rings is 1. The van der Waals surface area contributed by atoms with E-state index in [0.717, 1.165) is 11.1 Å². The van der Waals surface area contributed by atoms with Gasteiger partial charge in [0.15, 0.2) is 5.69 Å². The number of alkyl halides is 1. The smallest absolute Gasteiger partial charge is 0.164 e. The van der Waals surface area contributed by atoms with Gasteiger partial charge in [-0.15, -0.1) is 11.6 Å². The molecule has 1 aromatic carbocycles. The Morgan fingerprint density at radius 2 is 2.25 bits per heavy atom. The van der Waals surface area contributed by atoms with Crippen LogP contribution in [0, 0.1) is 12.1 Å². The summed E-state index contributed by atoms with van der Waals surface area (Å²) in [6, 6.07) is 4.94. The molecule has 0 saturated heterocycles. The van der Waals surface area contributed by atoms with Crippen molar-refractivity contribution >= 4 is 17.3 Å². The molecule has 1 unspecified atom stereocenters. The number of rotatable bonds is 2. The molecule has 0 saturated carbocycles. The molecule has 0 aliphatic heterocycles. The second-order valence-electron chi connectivity index (χ2n) is 2.58. The van der Waals surface area contributed by atoms with Crippen LogP contribution in [-0.4, -0.2) is 5.21 Å². The predicted octanol–water partition coefficient (Wildman–Crippen LogP) is 1.14. The summed E-state index contributed by atoms with van der Waals surface area (Å²) in [6.07, 6.45) is 0. The zero-order valence-electron chi connectivity index (χ0n) is 6.67. The highest BCUT2D eigenvalue weighted by Crippen LogP contribution is 2.13. The van der Waals surface area contributed by atoms with Crippen molar-refractivity contribution < 1.29 is 10.4 Å². The highest BCUT2D eigenvalue weighted by atomic mass is 35.5. The van der Waals surface area contributed by atoms with Crippen LogP contribution in [-0.2, 0) is 5.88 Å². The van der Waals surface area contributed by atoms with Crippen molar-refractivity contribution in [2.75, 3.05) is 0 Å². The monoisotopic (exact) mass is 187 g/mol. The van der Waals surface area contributed by atoms with Crippen molar-refractivity contribution in [2.24, 2.45) is 0 Å². The van der Waals surface area contributed by atoms with E-state index in [4.69, 9.17) is 16.8 Å². The van der Waals surface area contributed by atoms with Crippen LogP contribution in [0.2, 0.25) is 0 Å². The zero-order chi connectivity index (χ0) is 9.14. The average Bonchev–Trinajstić information content (AvgIpc) is 2.05. The van der Waals surface area contributed by atoms with Gasteiger partial charge in [-0.25, -0.2) is 5.21 Å². The standard InChI is InChI=1S/C8H10ClNO2/c1-6-2-3-8(10(11)12)4-7(6)5-9/h2-4,10-11H,5H2,1H3. The summed E-state index contributed by atoms with van der Waals surface area (Å²) >= 11 is 5.62. The molecule has 4 heteroatoms. The topological polar surface area (TPSA) is 47.7 Å². The number of nitrogens with one attached hydrogen (secondary N) is 1. The molecule has 3 nitrogen and oxygen atoms in total. The van der Waals surface area contributed by atoms with E-state index < -0.39 is 5.23 Å². The maximum atomic E-state index is 10.5. The highest BCUT2D eigenvalue weighted by molar-refractivity contribution is 6.17. The quantitative estimate of drug-likeness (QED) is 0.539. The largest absolute Gasteiger partial charge is 0.595 e. The van der Waals surface area contributed by atoms with Crippen molar-refractivity contribution in [3.05, 3.63) is 34.5 Å². The Hall–Kier alpha value is -0.610. The average molecular weight is 188 g/mol. The molecule has 0 heterocycles. The lowest BCUT2D eigenvalue weighted by atomic mass is 10.1. The normalized spacial score (nSPS) is 13.0. The second kappa shape index (κ2) is 3.87. The Bertz CT molecular complexity index is 276. The molecule has 0 aliphatic rings. The first kappa shape index (κ1) is 9.48. The molecular weight excluding hydrogens is 178 g/mol. The van der Waals surface area contributed by atoms with Crippen LogP contribution in [0.4, 0.5) is 5.69 Å². The summed E-state index contributed by atoms with van der Waals surface area (Å²) in [6.45, 7) is 1.91. The van der Waals surface area contributed by atoms with E-state index in [1.165, 1.54) is 0 Å². The van der Waals surface area contributed by atoms with Crippen molar-refractivity contribution in [2.45, 2.75) is 12.8 Å². The van der Waals surface area contributed by atoms with Crippen molar-refractivity contribution in [3.8, 4) is 0 Å². The van der Waals surface area contributed by atoms with Crippen molar-refractivity contribution in [1.29, 1.82) is 0 Å². The van der Waals surface area contributed by atoms with Crippen molar-refractivity contribution in [3.63, 3.8) is 0 Å². The minimum Gasteiger partial charge on any atom is -0.595 e. The lowest BCUT2D eigenvalue weighted by Crippen LogP contribution is -2.99. The third-order valence-electron chi connectivity index (χ3n) is 1.74. The second-order valence-corrected chi connectivity index (χ2v) is 2.85. The SMILES string of the molecule is Cc1ccc([NH+]([O-])O)cc1CCl. The molecule has 1 aromatic rings. The van der Waals surface area contributed by atoms with Gasteiger partial charge in [-0.3, -0.25) is 0 Å². The first-order chi connectivity index (χ1) is 5.65. The van der Waals surface area contributed by atoms with E-state index >= 15 is 0 Å². The summed E-state index contributed by atoms with van der Waals surface area (Å²) in [7, 11) is 0. The molecule has 66 valence electrons. The Morgan fingerprint density at radius 1 is 1.58 bits per heavy atom. The van der Waals surface area contributed by atoms with Gasteiger partial charge in [-0.1, -0.05) is 6.07 Å². The molecule has 0 fully saturated rings. The highest BCUT2D eigenvalue weighted by Gasteiger charge is 2.03. The number of aryl methyl sites for hydroxylation is 1. The fourth-order valence-electron chi connectivity index (χ4n) is 0.948. The fraction of sp³-hybridized carbons (Fsp3) is 0.250. The first-order valence-electron chi connectivity index (χ1n) is 3.54. The molecule has 1 rings (SSSR count). The predicted molar refractivity (Wildman–Crippen MR) is 46.5 cm³/mol. The molecule has 2 N–H and O–H groups in total. The third-order valence-corrected chi connectivity index (χ3v) is 2.03. The van der Waals surface area contributed by atoms with Gasteiger partial charge in [0, 0.05) is 18.0 Å². The first-order valence-corrected chi connectivity index (χ1v) is 4.07. The van der Waals surface area contributed by atoms with Crippen LogP contribution in [0.1, 0.15) is 11.1 Å². The molecule has 12 heavy (non-hydrogen) atoms. The summed E-state index contributed by atoms with van der Waals surface area (Å²) in [5, 5.41) is 18.3. The lowest BCUT2D eigenvalue weighted by molar-refractivity contribution is -0.991. The molecule has 0 spiro atoms. The van der Waals surface area contributed by atoms with E-state index in [2.05, 4.69) is 0 Å². The van der Waals surface area contributed by atoms with E-state index in [1.54, 1.807) is 18.2 Å². The molecular formula is C8H10ClNO2. The molecule has 0 aliphatic carbocycles. The number of hydrogen-bond donors (Lipinski definition) is 2. The Morgan fingerprint density at radius 3 is 2.75 bits per heavy atom. The Labute approximate surface area is 75.7 Å². The zero-order valence-corrected chi connectivity index (χ0v) is 7.43. The minimum atomic E-state index is -0.915. The summed E-state index contributed by atoms with van der Waals surface area (Å²) in [5.74, 6) is 0.354. The van der Waals surface area contributed by atoms with Crippen molar-refractivity contribution in [1.82, 2.24) is 0 Å². The molecule has 0 radical (unpaired) electrons. The lowest BCUT2D eigenvalue weighted by Gasteiger charge is -2.12. The van der Waals surface area contributed by atoms with Gasteiger partial charge in [0.05, 0.1) is 0 Å². The van der Waals surface area contributed by atoms with Gasteiger partial charge in [-0.05, 0) is 18.1 Å². The van der Waals surface area contributed by atoms with Gasteiger partial charge < -0.3 is 5.21 Å². The van der Waals surface area contributed by atoms with E-state index in [1.807, 2.05) is 6.92 Å². The van der Waals surface area contributed by atoms with Crippen LogP contribution in [0.5, 0.6) is 0 Å². The van der Waals surface area contributed by atoms with Crippen LogP contribution in [0.3, 0.4) is 0 Å². The van der Waals surface area contributed by atoms with E-state index in [-0.39, 0.29) is 5.69 Å². The number of hydrogen-bond acceptors (Lipinski definition) is 2. The Kier molecular flexibility index (Phi) is 3.05. The third kappa shape index (κ3) is 1.95. The number of halogens is 1. The van der Waals surface area contributed by atoms with Gasteiger partial charge >= 0.3 is 0 Å². The molecule has 0 aromatic heterocycles. The van der Waals surface area contributed by atoms with E-state index in [0.29, 0.717) is 5.88 Å². The van der Waals surface area contributed by atoms with Gasteiger partial charge in [0.25, 0.3) is 0 Å². The Balaban J connectivity index is 3.05. The molecule has 0 amide bonds. The molecule has 0 bridgehead atoms. The minimum absolute atomic E-state index is 0.288. The van der Waals surface area contributed by atoms with Crippen LogP contribution >= 0.6 is 11.6 Å². The van der Waals surface area contributed by atoms with Crippen LogP contribution < -0.4 is 5.23 Å². The number of quaternary nitrogens is 1. The van der Waals surface area contributed by atoms with Gasteiger partial charge in [0.1, 0.15) is 0 Å². The fourth-order valence-corrected chi connectivity index (χ4v) is 1.24. The summed E-state index contributed by atoms with van der Waals surface area (Å²) in [5.41, 5.74) is 2.18. The summed E-state index contributed by atoms with van der Waals surface area (Å²) in [4.78, 5) is 0. The van der Waals surface area contributed by atoms with Gasteiger partial charge in [0.2, 0.25) is 0 Å².